The molecule has 0 saturated carbocycles. The van der Waals surface area contributed by atoms with Crippen LogP contribution < -0.4 is 0 Å². The zero-order valence-electron chi connectivity index (χ0n) is 9.85. The van der Waals surface area contributed by atoms with Gasteiger partial charge in [-0.15, -0.1) is 0 Å². The topological polar surface area (TPSA) is 54.1 Å². The van der Waals surface area contributed by atoms with Crippen LogP contribution in [-0.2, 0) is 0 Å². The molecule has 0 amide bonds. The molecule has 0 aromatic heterocycles. The van der Waals surface area contributed by atoms with Crippen molar-refractivity contribution in [2.45, 2.75) is 26.7 Å². The van der Waals surface area contributed by atoms with E-state index in [9.17, 15) is 0 Å². The molecule has 0 spiro atoms. The molecule has 0 saturated heterocycles. The second kappa shape index (κ2) is 11.1. The standard InChI is InChI=1S/C10H18N4S2/c1-3-13(9-5-7-11)15-16-14(4-2)10-6-8-12/h3-6,9-10H2,1-2H3. The number of hydrogen-bond acceptors (Lipinski definition) is 6. The van der Waals surface area contributed by atoms with Crippen molar-refractivity contribution in [3.8, 4) is 12.1 Å². The van der Waals surface area contributed by atoms with Crippen LogP contribution in [0, 0.1) is 22.7 Å². The molecule has 0 radical (unpaired) electrons. The van der Waals surface area contributed by atoms with Gasteiger partial charge in [-0.05, 0) is 0 Å². The Bertz CT molecular complexity index is 220. The molecule has 0 N–H and O–H groups in total. The molecule has 0 aliphatic rings. The molecule has 0 heterocycles. The molecule has 0 fully saturated rings. The van der Waals surface area contributed by atoms with Gasteiger partial charge in [0.25, 0.3) is 0 Å². The number of nitriles is 2. The lowest BCUT2D eigenvalue weighted by atomic mass is 10.5. The van der Waals surface area contributed by atoms with E-state index in [0.717, 1.165) is 26.2 Å². The van der Waals surface area contributed by atoms with E-state index in [0.29, 0.717) is 12.8 Å². The van der Waals surface area contributed by atoms with E-state index >= 15 is 0 Å². The molecular formula is C10H18N4S2. The molecule has 6 heteroatoms. The molecule has 0 bridgehead atoms. The van der Waals surface area contributed by atoms with Crippen LogP contribution in [0.3, 0.4) is 0 Å². The Balaban J connectivity index is 3.79. The van der Waals surface area contributed by atoms with E-state index in [2.05, 4.69) is 34.6 Å². The van der Waals surface area contributed by atoms with Crippen molar-refractivity contribution >= 4 is 22.0 Å². The first-order valence-electron chi connectivity index (χ1n) is 5.37. The van der Waals surface area contributed by atoms with Gasteiger partial charge < -0.3 is 0 Å². The van der Waals surface area contributed by atoms with Crippen molar-refractivity contribution in [3.05, 3.63) is 0 Å². The van der Waals surface area contributed by atoms with Crippen molar-refractivity contribution in [1.82, 2.24) is 8.61 Å². The lowest BCUT2D eigenvalue weighted by molar-refractivity contribution is 0.502. The molecule has 0 aromatic carbocycles. The summed E-state index contributed by atoms with van der Waals surface area (Å²) in [6.45, 7) is 7.60. The highest BCUT2D eigenvalue weighted by Crippen LogP contribution is 2.29. The van der Waals surface area contributed by atoms with Gasteiger partial charge in [-0.25, -0.2) is 8.61 Å². The first-order valence-corrected chi connectivity index (χ1v) is 7.43. The summed E-state index contributed by atoms with van der Waals surface area (Å²) in [5.74, 6) is 0. The van der Waals surface area contributed by atoms with E-state index in [1.807, 2.05) is 0 Å². The van der Waals surface area contributed by atoms with Gasteiger partial charge in [0, 0.05) is 61.0 Å². The van der Waals surface area contributed by atoms with E-state index in [4.69, 9.17) is 10.5 Å². The highest BCUT2D eigenvalue weighted by Gasteiger charge is 2.08. The predicted molar refractivity (Wildman–Crippen MR) is 70.1 cm³/mol. The van der Waals surface area contributed by atoms with Gasteiger partial charge >= 0.3 is 0 Å². The highest BCUT2D eigenvalue weighted by atomic mass is 33.1. The summed E-state index contributed by atoms with van der Waals surface area (Å²) in [6, 6.07) is 4.29. The zero-order chi connectivity index (χ0) is 12.2. The smallest absolute Gasteiger partial charge is 0.0635 e. The molecule has 0 aliphatic carbocycles. The molecule has 0 aliphatic heterocycles. The maximum Gasteiger partial charge on any atom is 0.0635 e. The van der Waals surface area contributed by atoms with Crippen molar-refractivity contribution < 1.29 is 0 Å². The molecular weight excluding hydrogens is 240 g/mol. The van der Waals surface area contributed by atoms with Crippen LogP contribution in [0.1, 0.15) is 26.7 Å². The average molecular weight is 258 g/mol. The maximum absolute atomic E-state index is 8.51. The number of rotatable bonds is 9. The van der Waals surface area contributed by atoms with E-state index in [-0.39, 0.29) is 0 Å². The molecule has 0 aromatic rings. The minimum atomic E-state index is 0.561. The SMILES string of the molecule is CCN(CCC#N)SSN(CC)CCC#N. The first kappa shape index (κ1) is 15.6. The predicted octanol–water partition coefficient (Wildman–Crippen LogP) is 2.67. The van der Waals surface area contributed by atoms with Gasteiger partial charge in [-0.3, -0.25) is 0 Å². The Morgan fingerprint density at radius 2 is 1.25 bits per heavy atom. The third kappa shape index (κ3) is 7.84. The van der Waals surface area contributed by atoms with Crippen molar-refractivity contribution in [3.63, 3.8) is 0 Å². The average Bonchev–Trinajstić information content (AvgIpc) is 2.33. The Morgan fingerprint density at radius 3 is 1.50 bits per heavy atom. The summed E-state index contributed by atoms with van der Waals surface area (Å²) >= 11 is 0. The van der Waals surface area contributed by atoms with E-state index in [1.165, 1.54) is 0 Å². The molecule has 0 rings (SSSR count). The van der Waals surface area contributed by atoms with E-state index in [1.54, 1.807) is 22.0 Å². The summed E-state index contributed by atoms with van der Waals surface area (Å²) < 4.78 is 4.31. The van der Waals surface area contributed by atoms with Crippen LogP contribution in [0.25, 0.3) is 0 Å². The maximum atomic E-state index is 8.51. The highest BCUT2D eigenvalue weighted by molar-refractivity contribution is 8.74. The Kier molecular flexibility index (Phi) is 10.8. The van der Waals surface area contributed by atoms with Crippen molar-refractivity contribution in [1.29, 1.82) is 10.5 Å². The Morgan fingerprint density at radius 1 is 0.875 bits per heavy atom. The summed E-state index contributed by atoms with van der Waals surface area (Å²) in [7, 11) is 3.32. The fourth-order valence-electron chi connectivity index (χ4n) is 0.940. The third-order valence-corrected chi connectivity index (χ3v) is 4.73. The van der Waals surface area contributed by atoms with Gasteiger partial charge in [0.1, 0.15) is 0 Å². The third-order valence-electron chi connectivity index (χ3n) is 1.90. The fourth-order valence-corrected chi connectivity index (χ4v) is 3.32. The van der Waals surface area contributed by atoms with Gasteiger partial charge in [0.15, 0.2) is 0 Å². The minimum absolute atomic E-state index is 0.561. The zero-order valence-corrected chi connectivity index (χ0v) is 11.5. The fraction of sp³-hybridized carbons (Fsp3) is 0.800. The number of hydrogen-bond donors (Lipinski definition) is 0. The van der Waals surface area contributed by atoms with Crippen LogP contribution in [0.4, 0.5) is 0 Å². The number of nitrogens with zero attached hydrogens (tertiary/aromatic N) is 4. The van der Waals surface area contributed by atoms with Crippen molar-refractivity contribution in [2.24, 2.45) is 0 Å². The summed E-state index contributed by atoms with van der Waals surface area (Å²) in [5, 5.41) is 17.0. The molecule has 0 unspecified atom stereocenters. The summed E-state index contributed by atoms with van der Waals surface area (Å²) in [5.41, 5.74) is 0. The van der Waals surface area contributed by atoms with Crippen LogP contribution in [0.2, 0.25) is 0 Å². The lowest BCUT2D eigenvalue weighted by Gasteiger charge is -2.22. The van der Waals surface area contributed by atoms with Crippen LogP contribution in [0.15, 0.2) is 0 Å². The largest absolute Gasteiger partial charge is 0.239 e. The van der Waals surface area contributed by atoms with Gasteiger partial charge in [0.05, 0.1) is 12.1 Å². The second-order valence-corrected chi connectivity index (χ2v) is 5.23. The van der Waals surface area contributed by atoms with Gasteiger partial charge in [0.2, 0.25) is 0 Å². The quantitative estimate of drug-likeness (QED) is 0.468. The Hall–Kier alpha value is -0.400. The Labute approximate surface area is 106 Å². The van der Waals surface area contributed by atoms with E-state index < -0.39 is 0 Å². The van der Waals surface area contributed by atoms with Gasteiger partial charge in [-0.1, -0.05) is 13.8 Å². The van der Waals surface area contributed by atoms with Crippen LogP contribution in [0.5, 0.6) is 0 Å². The molecule has 16 heavy (non-hydrogen) atoms. The molecule has 0 atom stereocenters. The van der Waals surface area contributed by atoms with Crippen LogP contribution >= 0.6 is 22.0 Å². The van der Waals surface area contributed by atoms with Crippen LogP contribution in [-0.4, -0.2) is 34.8 Å². The van der Waals surface area contributed by atoms with Gasteiger partial charge in [-0.2, -0.15) is 10.5 Å². The second-order valence-electron chi connectivity index (χ2n) is 3.01. The first-order chi connectivity index (χ1) is 7.78. The van der Waals surface area contributed by atoms with Crippen molar-refractivity contribution in [2.75, 3.05) is 26.2 Å². The molecule has 4 nitrogen and oxygen atoms in total. The normalized spacial score (nSPS) is 10.4. The summed E-state index contributed by atoms with van der Waals surface area (Å²) in [6.07, 6.45) is 1.12. The minimum Gasteiger partial charge on any atom is -0.239 e. The monoisotopic (exact) mass is 258 g/mol. The lowest BCUT2D eigenvalue weighted by Crippen LogP contribution is -2.19. The molecule has 90 valence electrons. The summed E-state index contributed by atoms with van der Waals surface area (Å²) in [4.78, 5) is 0.